The molecule has 3 heterocycles. The minimum Gasteiger partial charge on any atom is -0.385 e. The molecule has 65 heavy (non-hydrogen) atoms. The maximum Gasteiger partial charge on any atom is 0.294 e. The van der Waals surface area contributed by atoms with Gasteiger partial charge < -0.3 is 29.7 Å². The van der Waals surface area contributed by atoms with Gasteiger partial charge >= 0.3 is 0 Å². The molecule has 21 heteroatoms. The molecule has 3 aliphatic heterocycles. The molecule has 362 valence electrons. The van der Waals surface area contributed by atoms with Gasteiger partial charge in [0.2, 0.25) is 11.8 Å². The summed E-state index contributed by atoms with van der Waals surface area (Å²) in [5.41, 5.74) is 1.75. The number of rotatable bonds is 25. The van der Waals surface area contributed by atoms with E-state index in [9.17, 15) is 53.6 Å². The van der Waals surface area contributed by atoms with Crippen molar-refractivity contribution < 1.29 is 67.7 Å². The van der Waals surface area contributed by atoms with Gasteiger partial charge in [-0.05, 0) is 88.7 Å². The minimum absolute atomic E-state index is 0.0451. The highest BCUT2D eigenvalue weighted by Gasteiger charge is 2.56. The van der Waals surface area contributed by atoms with Crippen LogP contribution in [-0.4, -0.2) is 153 Å². The number of aliphatic hydroxyl groups excluding tert-OH is 1. The number of nitrogens with one attached hydrogen (secondary N) is 1. The van der Waals surface area contributed by atoms with Crippen LogP contribution in [0.5, 0.6) is 0 Å². The monoisotopic (exact) mass is 969 g/mol. The molecule has 0 bridgehead atoms. The molecule has 1 fully saturated rings. The van der Waals surface area contributed by atoms with Gasteiger partial charge in [-0.3, -0.25) is 23.2 Å². The van der Waals surface area contributed by atoms with E-state index in [0.29, 0.717) is 57.6 Å². The number of ether oxygens (including phenoxy) is 2. The third-order valence-electron chi connectivity index (χ3n) is 13.2. The number of unbranched alkanes of at least 4 members (excludes halogenated alkanes) is 2. The normalized spacial score (nSPS) is 27.5. The summed E-state index contributed by atoms with van der Waals surface area (Å²) < 4.78 is 116. The lowest BCUT2D eigenvalue weighted by molar-refractivity contribution is -0.552. The highest BCUT2D eigenvalue weighted by molar-refractivity contribution is 7.90. The van der Waals surface area contributed by atoms with Gasteiger partial charge in [-0.1, -0.05) is 30.4 Å². The third kappa shape index (κ3) is 12.8. The number of aliphatic hydroxyl groups is 1. The van der Waals surface area contributed by atoms with Gasteiger partial charge in [0.05, 0.1) is 28.6 Å². The van der Waals surface area contributed by atoms with Crippen molar-refractivity contribution in [1.82, 2.24) is 15.1 Å². The highest BCUT2D eigenvalue weighted by atomic mass is 32.2. The van der Waals surface area contributed by atoms with Gasteiger partial charge in [-0.2, -0.15) is 25.3 Å². The van der Waals surface area contributed by atoms with Crippen LogP contribution >= 0.6 is 0 Å². The summed E-state index contributed by atoms with van der Waals surface area (Å²) in [6, 6.07) is -0.211. The second kappa shape index (κ2) is 21.9. The molecule has 5 N–H and O–H groups in total. The number of allylic oxidation sites excluding steroid dienone is 7. The smallest absolute Gasteiger partial charge is 0.294 e. The summed E-state index contributed by atoms with van der Waals surface area (Å²) in [4.78, 5) is 27.6. The fourth-order valence-corrected chi connectivity index (χ4v) is 11.5. The van der Waals surface area contributed by atoms with E-state index >= 15 is 0 Å². The molecular weight excluding hydrogens is 905 g/mol. The molecule has 0 aromatic rings. The first-order chi connectivity index (χ1) is 30.5. The van der Waals surface area contributed by atoms with E-state index in [1.54, 1.807) is 26.4 Å². The molecule has 5 aliphatic rings. The van der Waals surface area contributed by atoms with E-state index in [4.69, 9.17) is 9.47 Å². The molecule has 2 aliphatic carbocycles. The maximum absolute atomic E-state index is 12.6. The Morgan fingerprint density at radius 1 is 0.954 bits per heavy atom. The summed E-state index contributed by atoms with van der Waals surface area (Å²) >= 11 is 0. The van der Waals surface area contributed by atoms with Crippen LogP contribution in [0.25, 0.3) is 0 Å². The molecule has 5 rings (SSSR count). The lowest BCUT2D eigenvalue weighted by atomic mass is 9.69. The van der Waals surface area contributed by atoms with Crippen molar-refractivity contribution in [2.24, 2.45) is 16.7 Å². The summed E-state index contributed by atoms with van der Waals surface area (Å²) in [6.07, 6.45) is 20.1. The largest absolute Gasteiger partial charge is 0.385 e. The molecule has 1 saturated heterocycles. The zero-order chi connectivity index (χ0) is 47.8. The van der Waals surface area contributed by atoms with Crippen molar-refractivity contribution in [2.75, 3.05) is 59.4 Å². The third-order valence-corrected chi connectivity index (χ3v) is 16.0. The molecule has 0 saturated carbocycles. The zero-order valence-electron chi connectivity index (χ0n) is 37.5. The number of hydrogen-bond donors (Lipinski definition) is 5. The fraction of sp³-hybridized carbons (Fsp3) is 0.614. The van der Waals surface area contributed by atoms with Crippen LogP contribution in [-0.2, 0) is 49.4 Å². The first-order valence-electron chi connectivity index (χ1n) is 22.0. The standard InChI is InChI=1S/C44H64N4O14S3/c1-43(21-11-29-63(52,53)54)34-30-32(64(55,56)57)16-18-37(34)47(26-28-62-4)38(43)12-7-5-8-13-39-44(2,22-27-61-3)35-31-33(65(58,59)60)15-17-36(35)46(39)24-10-6-9-14-40(49)45-23-25-48-41(50)19-20-42(48)51/h5,7,12,15,17-20,30-32,35-36,41,50H,6,8-11,13-14,16,21-29H2,1-4H3,(H3-,45,49,52,53,54,55,56,57,58,59,60)/p+1/b7-5+,38-12+. The Morgan fingerprint density at radius 3 is 2.34 bits per heavy atom. The Bertz CT molecular complexity index is 2390. The molecule has 0 aromatic heterocycles. The van der Waals surface area contributed by atoms with Crippen LogP contribution in [0.4, 0.5) is 0 Å². The topological polar surface area (TPSA) is 257 Å². The van der Waals surface area contributed by atoms with Crippen molar-refractivity contribution in [2.45, 2.75) is 95.6 Å². The first-order valence-corrected chi connectivity index (χ1v) is 26.5. The second-order valence-corrected chi connectivity index (χ2v) is 22.2. The van der Waals surface area contributed by atoms with Gasteiger partial charge in [-0.15, -0.1) is 0 Å². The number of fused-ring (bicyclic) bond motifs is 2. The van der Waals surface area contributed by atoms with Gasteiger partial charge in [0.1, 0.15) is 18.0 Å². The van der Waals surface area contributed by atoms with Crippen LogP contribution in [0, 0.1) is 16.7 Å². The number of hydrogen-bond acceptors (Lipinski definition) is 12. The van der Waals surface area contributed by atoms with Crippen LogP contribution in [0.15, 0.2) is 82.6 Å². The number of carbonyl (C=O) groups is 2. The van der Waals surface area contributed by atoms with Crippen LogP contribution in [0.3, 0.4) is 0 Å². The van der Waals surface area contributed by atoms with Crippen molar-refractivity contribution in [1.29, 1.82) is 0 Å². The van der Waals surface area contributed by atoms with Gasteiger partial charge in [-0.25, -0.2) is 4.58 Å². The Hall–Kier alpha value is -3.80. The average Bonchev–Trinajstić information content (AvgIpc) is 3.76. The lowest BCUT2D eigenvalue weighted by Gasteiger charge is -2.30. The quantitative estimate of drug-likeness (QED) is 0.0498. The molecule has 0 aromatic carbocycles. The molecule has 2 amide bonds. The summed E-state index contributed by atoms with van der Waals surface area (Å²) in [5.74, 6) is -1.27. The molecular formula is C44H65N4O14S3+. The van der Waals surface area contributed by atoms with E-state index in [2.05, 4.69) is 16.8 Å². The summed E-state index contributed by atoms with van der Waals surface area (Å²) in [7, 11) is -10.0. The molecule has 0 radical (unpaired) electrons. The van der Waals surface area contributed by atoms with Crippen LogP contribution in [0.1, 0.15) is 78.1 Å². The number of carbonyl (C=O) groups excluding carboxylic acids is 2. The van der Waals surface area contributed by atoms with E-state index in [-0.39, 0.29) is 67.5 Å². The minimum atomic E-state index is -4.48. The lowest BCUT2D eigenvalue weighted by Crippen LogP contribution is -2.40. The second-order valence-electron chi connectivity index (χ2n) is 17.5. The first kappa shape index (κ1) is 52.2. The average molecular weight is 970 g/mol. The van der Waals surface area contributed by atoms with Crippen molar-refractivity contribution in [3.63, 3.8) is 0 Å². The Balaban J connectivity index is 1.38. The number of nitrogens with zero attached hydrogens (tertiary/aromatic N) is 3. The predicted octanol–water partition coefficient (Wildman–Crippen LogP) is 3.54. The molecule has 18 nitrogen and oxygen atoms in total. The van der Waals surface area contributed by atoms with E-state index in [1.165, 1.54) is 29.2 Å². The van der Waals surface area contributed by atoms with E-state index < -0.39 is 58.4 Å². The molecule has 6 unspecified atom stereocenters. The SMILES string of the molecule is COCCN1C2=CCC(S(=O)(=O)O)C=C2C(C)(CCCS(=O)(=O)O)/C1=C\C=C\CCC1=[N+](CCCCCC(=O)NCCN2C(=O)C=CC2O)C2C=CC(S(=O)(=O)O)=CC2C1(C)CCOC. The van der Waals surface area contributed by atoms with Crippen molar-refractivity contribution in [3.8, 4) is 0 Å². The maximum atomic E-state index is 12.6. The fourth-order valence-electron chi connectivity index (χ4n) is 9.82. The van der Waals surface area contributed by atoms with E-state index in [0.717, 1.165) is 29.9 Å². The Labute approximate surface area is 383 Å². The summed E-state index contributed by atoms with van der Waals surface area (Å²) in [6.45, 7) is 6.11. The Morgan fingerprint density at radius 2 is 1.69 bits per heavy atom. The highest BCUT2D eigenvalue weighted by Crippen LogP contribution is 2.55. The van der Waals surface area contributed by atoms with Crippen LogP contribution < -0.4 is 5.32 Å². The van der Waals surface area contributed by atoms with Crippen molar-refractivity contribution in [3.05, 3.63) is 82.6 Å². The molecule has 0 spiro atoms. The van der Waals surface area contributed by atoms with Gasteiger partial charge in [0, 0.05) is 82.6 Å². The van der Waals surface area contributed by atoms with Gasteiger partial charge in [0.15, 0.2) is 11.8 Å². The number of methoxy groups -OCH3 is 2. The number of amides is 2. The Kier molecular flexibility index (Phi) is 17.6. The van der Waals surface area contributed by atoms with E-state index in [1.807, 2.05) is 36.1 Å². The van der Waals surface area contributed by atoms with Crippen molar-refractivity contribution >= 4 is 47.9 Å². The van der Waals surface area contributed by atoms with Crippen LogP contribution in [0.2, 0.25) is 0 Å². The zero-order valence-corrected chi connectivity index (χ0v) is 40.0. The predicted molar refractivity (Wildman–Crippen MR) is 244 cm³/mol. The number of likely N-dealkylation sites (tertiary alicyclic amines) is 1. The summed E-state index contributed by atoms with van der Waals surface area (Å²) in [5, 5.41) is 11.5. The van der Waals surface area contributed by atoms with Gasteiger partial charge in [0.25, 0.3) is 30.4 Å². The molecule has 6 atom stereocenters.